The van der Waals surface area contributed by atoms with Crippen LogP contribution in [-0.2, 0) is 16.8 Å². The van der Waals surface area contributed by atoms with E-state index in [4.69, 9.17) is 23.8 Å². The Morgan fingerprint density at radius 2 is 2.18 bits per heavy atom. The lowest BCUT2D eigenvalue weighted by molar-refractivity contribution is -0.118. The zero-order chi connectivity index (χ0) is 19.9. The molecule has 144 valence electrons. The van der Waals surface area contributed by atoms with Gasteiger partial charge < -0.3 is 5.32 Å². The van der Waals surface area contributed by atoms with Gasteiger partial charge in [0.25, 0.3) is 0 Å². The maximum Gasteiger partial charge on any atom is 0.236 e. The highest BCUT2D eigenvalue weighted by Crippen LogP contribution is 2.49. The van der Waals surface area contributed by atoms with E-state index in [-0.39, 0.29) is 5.91 Å². The van der Waals surface area contributed by atoms with Crippen LogP contribution in [0, 0.1) is 11.7 Å². The third-order valence-electron chi connectivity index (χ3n) is 4.87. The van der Waals surface area contributed by atoms with E-state index in [1.807, 2.05) is 35.8 Å². The number of aromatic nitrogens is 4. The van der Waals surface area contributed by atoms with Crippen molar-refractivity contribution < 1.29 is 4.79 Å². The van der Waals surface area contributed by atoms with E-state index < -0.39 is 5.41 Å². The molecule has 1 amide bonds. The van der Waals surface area contributed by atoms with Gasteiger partial charge in [0, 0.05) is 11.6 Å². The van der Waals surface area contributed by atoms with Crippen LogP contribution < -0.4 is 5.32 Å². The molecule has 1 fully saturated rings. The molecule has 6 nitrogen and oxygen atoms in total. The van der Waals surface area contributed by atoms with Gasteiger partial charge in [-0.2, -0.15) is 5.10 Å². The number of rotatable bonds is 6. The summed E-state index contributed by atoms with van der Waals surface area (Å²) in [6.45, 7) is 6.20. The Bertz CT molecular complexity index is 1110. The summed E-state index contributed by atoms with van der Waals surface area (Å²) in [5, 5.41) is 11.3. The zero-order valence-corrected chi connectivity index (χ0v) is 17.5. The zero-order valence-electron chi connectivity index (χ0n) is 15.2. The van der Waals surface area contributed by atoms with Gasteiger partial charge in [-0.05, 0) is 49.7 Å². The lowest BCUT2D eigenvalue weighted by Gasteiger charge is -2.14. The van der Waals surface area contributed by atoms with Crippen LogP contribution in [0.5, 0.6) is 0 Å². The van der Waals surface area contributed by atoms with E-state index in [0.717, 1.165) is 29.0 Å². The number of amides is 1. The predicted molar refractivity (Wildman–Crippen MR) is 114 cm³/mol. The molecule has 28 heavy (non-hydrogen) atoms. The fraction of sp³-hybridized carbons (Fsp3) is 0.263. The van der Waals surface area contributed by atoms with Crippen molar-refractivity contribution in [2.45, 2.75) is 31.7 Å². The Morgan fingerprint density at radius 3 is 2.82 bits per heavy atom. The van der Waals surface area contributed by atoms with Crippen molar-refractivity contribution in [1.82, 2.24) is 19.7 Å². The Labute approximate surface area is 176 Å². The Hall–Kier alpha value is -2.29. The molecule has 4 rings (SSSR count). The van der Waals surface area contributed by atoms with Gasteiger partial charge >= 0.3 is 0 Å². The molecule has 0 saturated heterocycles. The first-order chi connectivity index (χ1) is 13.4. The monoisotopic (exact) mass is 431 g/mol. The molecule has 2 aromatic heterocycles. The summed E-state index contributed by atoms with van der Waals surface area (Å²) >= 11 is 12.6. The molecule has 3 aromatic rings. The highest BCUT2D eigenvalue weighted by Gasteiger charge is 2.51. The smallest absolute Gasteiger partial charge is 0.236 e. The minimum Gasteiger partial charge on any atom is -0.301 e. The number of benzene rings is 1. The van der Waals surface area contributed by atoms with Crippen molar-refractivity contribution in [3.8, 4) is 10.7 Å². The molecule has 2 N–H and O–H groups in total. The number of aromatic amines is 1. The average Bonchev–Trinajstić information content (AvgIpc) is 3.30. The minimum atomic E-state index is -0.493. The number of nitrogens with one attached hydrogen (secondary N) is 2. The second kappa shape index (κ2) is 7.27. The van der Waals surface area contributed by atoms with E-state index >= 15 is 0 Å². The van der Waals surface area contributed by atoms with Crippen molar-refractivity contribution in [3.63, 3.8) is 0 Å². The molecular formula is C19H18ClN5OS2. The number of halogens is 1. The normalized spacial score (nSPS) is 14.6. The molecule has 0 radical (unpaired) electrons. The fourth-order valence-corrected chi connectivity index (χ4v) is 4.50. The van der Waals surface area contributed by atoms with Crippen LogP contribution in [0.3, 0.4) is 0 Å². The summed E-state index contributed by atoms with van der Waals surface area (Å²) in [6.07, 6.45) is 3.39. The molecule has 0 bridgehead atoms. The van der Waals surface area contributed by atoms with Gasteiger partial charge in [-0.1, -0.05) is 41.1 Å². The molecule has 0 aliphatic heterocycles. The standard InChI is InChI=1S/C19H18ClN5OS2/c1-3-10-25-15(23-24-18(25)27)14-11(2)21-17(28-14)22-16(26)19(8-9-19)12-4-6-13(20)7-5-12/h3-7H,1,8-10H2,2H3,(H,24,27)(H,21,22,26). The van der Waals surface area contributed by atoms with E-state index in [9.17, 15) is 4.79 Å². The molecule has 9 heteroatoms. The Balaban J connectivity index is 1.60. The van der Waals surface area contributed by atoms with Gasteiger partial charge in [-0.25, -0.2) is 4.98 Å². The highest BCUT2D eigenvalue weighted by molar-refractivity contribution is 7.71. The number of carbonyl (C=O) groups is 1. The van der Waals surface area contributed by atoms with Gasteiger partial charge in [0.1, 0.15) is 0 Å². The maximum atomic E-state index is 13.0. The molecule has 0 unspecified atom stereocenters. The van der Waals surface area contributed by atoms with Crippen LogP contribution in [0.4, 0.5) is 5.13 Å². The molecule has 2 heterocycles. The Morgan fingerprint density at radius 1 is 1.46 bits per heavy atom. The van der Waals surface area contributed by atoms with Gasteiger partial charge in [0.2, 0.25) is 5.91 Å². The summed E-state index contributed by atoms with van der Waals surface area (Å²) in [7, 11) is 0. The second-order valence-corrected chi connectivity index (χ2v) is 8.55. The van der Waals surface area contributed by atoms with Crippen molar-refractivity contribution >= 4 is 46.2 Å². The van der Waals surface area contributed by atoms with Crippen LogP contribution in [0.15, 0.2) is 36.9 Å². The number of nitrogens with zero attached hydrogens (tertiary/aromatic N) is 3. The van der Waals surface area contributed by atoms with Crippen molar-refractivity contribution in [2.75, 3.05) is 5.32 Å². The fourth-order valence-electron chi connectivity index (χ4n) is 3.20. The van der Waals surface area contributed by atoms with Crippen LogP contribution in [0.25, 0.3) is 10.7 Å². The number of hydrogen-bond donors (Lipinski definition) is 2. The largest absolute Gasteiger partial charge is 0.301 e. The molecular weight excluding hydrogens is 414 g/mol. The van der Waals surface area contributed by atoms with Gasteiger partial charge in [-0.15, -0.1) is 6.58 Å². The molecule has 1 aliphatic rings. The molecule has 1 aliphatic carbocycles. The first kappa shape index (κ1) is 19.0. The van der Waals surface area contributed by atoms with Gasteiger partial charge in [0.05, 0.1) is 16.0 Å². The van der Waals surface area contributed by atoms with Gasteiger partial charge in [0.15, 0.2) is 15.7 Å². The predicted octanol–water partition coefficient (Wildman–Crippen LogP) is 4.88. The van der Waals surface area contributed by atoms with Crippen LogP contribution in [0.2, 0.25) is 5.02 Å². The number of H-pyrrole nitrogens is 1. The number of anilines is 1. The van der Waals surface area contributed by atoms with Crippen molar-refractivity contribution in [3.05, 3.63) is 58.0 Å². The van der Waals surface area contributed by atoms with E-state index in [0.29, 0.717) is 27.3 Å². The lowest BCUT2D eigenvalue weighted by Crippen LogP contribution is -2.27. The molecule has 1 saturated carbocycles. The summed E-state index contributed by atoms with van der Waals surface area (Å²) in [4.78, 5) is 18.4. The maximum absolute atomic E-state index is 13.0. The number of aryl methyl sites for hydroxylation is 1. The quantitative estimate of drug-likeness (QED) is 0.430. The summed E-state index contributed by atoms with van der Waals surface area (Å²) in [5.74, 6) is 0.652. The number of hydrogen-bond acceptors (Lipinski definition) is 5. The average molecular weight is 432 g/mol. The van der Waals surface area contributed by atoms with Crippen molar-refractivity contribution in [1.29, 1.82) is 0 Å². The van der Waals surface area contributed by atoms with E-state index in [1.54, 1.807) is 6.08 Å². The summed E-state index contributed by atoms with van der Waals surface area (Å²) in [6, 6.07) is 7.47. The van der Waals surface area contributed by atoms with Crippen LogP contribution in [0.1, 0.15) is 24.1 Å². The first-order valence-corrected chi connectivity index (χ1v) is 10.4. The summed E-state index contributed by atoms with van der Waals surface area (Å²) < 4.78 is 2.37. The van der Waals surface area contributed by atoms with Crippen LogP contribution in [-0.4, -0.2) is 25.7 Å². The Kier molecular flexibility index (Phi) is 4.95. The third kappa shape index (κ3) is 3.32. The first-order valence-electron chi connectivity index (χ1n) is 8.76. The van der Waals surface area contributed by atoms with Crippen LogP contribution >= 0.6 is 35.2 Å². The number of thiazole rings is 1. The molecule has 0 spiro atoms. The van der Waals surface area contributed by atoms with E-state index in [1.165, 1.54) is 11.3 Å². The van der Waals surface area contributed by atoms with Crippen molar-refractivity contribution in [2.24, 2.45) is 0 Å². The summed E-state index contributed by atoms with van der Waals surface area (Å²) in [5.41, 5.74) is 1.28. The third-order valence-corrected chi connectivity index (χ3v) is 6.50. The SMILES string of the molecule is C=CCn1c(-c2sc(NC(=O)C3(c4ccc(Cl)cc4)CC3)nc2C)n[nH]c1=S. The topological polar surface area (TPSA) is 75.6 Å². The number of allylic oxidation sites excluding steroid dienone is 1. The second-order valence-electron chi connectivity index (χ2n) is 6.73. The highest BCUT2D eigenvalue weighted by atomic mass is 35.5. The minimum absolute atomic E-state index is 0.0416. The van der Waals surface area contributed by atoms with Gasteiger partial charge in [-0.3, -0.25) is 14.5 Å². The molecule has 0 atom stereocenters. The lowest BCUT2D eigenvalue weighted by atomic mass is 9.95. The number of carbonyl (C=O) groups excluding carboxylic acids is 1. The van der Waals surface area contributed by atoms with E-state index in [2.05, 4.69) is 27.1 Å². The molecule has 1 aromatic carbocycles.